The summed E-state index contributed by atoms with van der Waals surface area (Å²) < 4.78 is 2.30. The number of aromatic nitrogens is 4. The van der Waals surface area contributed by atoms with Crippen molar-refractivity contribution in [2.75, 3.05) is 0 Å². The third-order valence-electron chi connectivity index (χ3n) is 9.39. The number of nitrogens with zero attached hydrogens (tertiary/aromatic N) is 4. The Bertz CT molecular complexity index is 2860. The highest BCUT2D eigenvalue weighted by atomic mass is 15.1. The van der Waals surface area contributed by atoms with Crippen LogP contribution in [0, 0.1) is 0 Å². The minimum absolute atomic E-state index is 0.653. The zero-order chi connectivity index (χ0) is 30.9. The van der Waals surface area contributed by atoms with Crippen LogP contribution in [0.3, 0.4) is 0 Å². The Morgan fingerprint density at radius 2 is 0.957 bits per heavy atom. The van der Waals surface area contributed by atoms with Crippen molar-refractivity contribution in [3.05, 3.63) is 158 Å². The summed E-state index contributed by atoms with van der Waals surface area (Å²) in [6.07, 6.45) is 1.80. The summed E-state index contributed by atoms with van der Waals surface area (Å²) in [6.45, 7) is 0. The van der Waals surface area contributed by atoms with E-state index in [9.17, 15) is 0 Å². The van der Waals surface area contributed by atoms with Gasteiger partial charge in [0.25, 0.3) is 0 Å². The predicted octanol–water partition coefficient (Wildman–Crippen LogP) is 10.9. The number of benzene rings is 7. The summed E-state index contributed by atoms with van der Waals surface area (Å²) >= 11 is 0. The second kappa shape index (κ2) is 10.1. The molecule has 0 amide bonds. The van der Waals surface area contributed by atoms with Gasteiger partial charge in [-0.1, -0.05) is 103 Å². The number of rotatable bonds is 3. The third kappa shape index (κ3) is 4.12. The highest BCUT2D eigenvalue weighted by molar-refractivity contribution is 6.15. The lowest BCUT2D eigenvalue weighted by Crippen LogP contribution is -2.03. The standard InChI is InChI=1S/C43H26N4/c1-3-10-29-22-33(17-15-27(29)8-1)34-19-20-39-37(25-34)38-24-31-12-5-6-13-32(31)26-40(38)47(39)43-36-14-7-21-44-42(36)45-41(46-43)35-18-16-28-9-2-4-11-30(28)23-35/h1-26H. The molecule has 7 aromatic carbocycles. The lowest BCUT2D eigenvalue weighted by atomic mass is 9.99. The van der Waals surface area contributed by atoms with E-state index in [2.05, 4.69) is 150 Å². The first kappa shape index (κ1) is 25.9. The molecule has 0 aliphatic carbocycles. The van der Waals surface area contributed by atoms with E-state index in [0.717, 1.165) is 33.2 Å². The Morgan fingerprint density at radius 3 is 1.70 bits per heavy atom. The number of fused-ring (bicyclic) bond motifs is 7. The topological polar surface area (TPSA) is 43.6 Å². The molecule has 10 aromatic rings. The largest absolute Gasteiger partial charge is 0.293 e. The molecular weight excluding hydrogens is 573 g/mol. The molecule has 0 fully saturated rings. The molecule has 0 unspecified atom stereocenters. The van der Waals surface area contributed by atoms with Crippen molar-refractivity contribution in [2.24, 2.45) is 0 Å². The molecule has 0 radical (unpaired) electrons. The summed E-state index contributed by atoms with van der Waals surface area (Å²) in [5.41, 5.74) is 6.20. The molecule has 0 atom stereocenters. The van der Waals surface area contributed by atoms with Gasteiger partial charge in [0.2, 0.25) is 0 Å². The van der Waals surface area contributed by atoms with Gasteiger partial charge in [0, 0.05) is 22.5 Å². The summed E-state index contributed by atoms with van der Waals surface area (Å²) in [5, 5.41) is 10.5. The monoisotopic (exact) mass is 598 g/mol. The first-order valence-electron chi connectivity index (χ1n) is 15.9. The van der Waals surface area contributed by atoms with Crippen LogP contribution in [0.2, 0.25) is 0 Å². The summed E-state index contributed by atoms with van der Waals surface area (Å²) in [4.78, 5) is 15.0. The Morgan fingerprint density at radius 1 is 0.383 bits per heavy atom. The first-order chi connectivity index (χ1) is 23.3. The van der Waals surface area contributed by atoms with Crippen molar-refractivity contribution in [2.45, 2.75) is 0 Å². The smallest absolute Gasteiger partial charge is 0.165 e. The van der Waals surface area contributed by atoms with Gasteiger partial charge in [0.05, 0.1) is 16.4 Å². The van der Waals surface area contributed by atoms with Crippen molar-refractivity contribution in [3.8, 4) is 28.3 Å². The van der Waals surface area contributed by atoms with Crippen LogP contribution in [-0.4, -0.2) is 19.5 Å². The molecule has 0 spiro atoms. The predicted molar refractivity (Wildman–Crippen MR) is 195 cm³/mol. The van der Waals surface area contributed by atoms with Gasteiger partial charge < -0.3 is 0 Å². The van der Waals surface area contributed by atoms with Crippen LogP contribution < -0.4 is 0 Å². The van der Waals surface area contributed by atoms with E-state index in [4.69, 9.17) is 15.0 Å². The van der Waals surface area contributed by atoms with Crippen LogP contribution in [-0.2, 0) is 0 Å². The van der Waals surface area contributed by atoms with Crippen molar-refractivity contribution < 1.29 is 0 Å². The van der Waals surface area contributed by atoms with Crippen LogP contribution >= 0.6 is 0 Å². The minimum atomic E-state index is 0.653. The van der Waals surface area contributed by atoms with Crippen LogP contribution in [0.5, 0.6) is 0 Å². The number of pyridine rings is 1. The maximum Gasteiger partial charge on any atom is 0.165 e. The highest BCUT2D eigenvalue weighted by Gasteiger charge is 2.19. The van der Waals surface area contributed by atoms with E-state index in [0.29, 0.717) is 11.5 Å². The Balaban J connectivity index is 1.27. The first-order valence-corrected chi connectivity index (χ1v) is 15.9. The van der Waals surface area contributed by atoms with Crippen LogP contribution in [0.15, 0.2) is 158 Å². The fourth-order valence-corrected chi connectivity index (χ4v) is 7.06. The second-order valence-corrected chi connectivity index (χ2v) is 12.2. The van der Waals surface area contributed by atoms with Crippen LogP contribution in [0.1, 0.15) is 0 Å². The van der Waals surface area contributed by atoms with Gasteiger partial charge in [-0.15, -0.1) is 0 Å². The molecule has 10 rings (SSSR count). The Kier molecular flexibility index (Phi) is 5.54. The van der Waals surface area contributed by atoms with Crippen molar-refractivity contribution >= 4 is 65.2 Å². The fourth-order valence-electron chi connectivity index (χ4n) is 7.06. The SMILES string of the molecule is c1ccc2cc(-c3ccc4c(c3)c3cc5ccccc5cc3n4-c3nc(-c4ccc5ccccc5c4)nc4ncccc34)ccc2c1. The van der Waals surface area contributed by atoms with E-state index in [-0.39, 0.29) is 0 Å². The Labute approximate surface area is 270 Å². The third-order valence-corrected chi connectivity index (χ3v) is 9.39. The fraction of sp³-hybridized carbons (Fsp3) is 0. The summed E-state index contributed by atoms with van der Waals surface area (Å²) in [5.74, 6) is 1.47. The zero-order valence-electron chi connectivity index (χ0n) is 25.3. The quantitative estimate of drug-likeness (QED) is 0.203. The van der Waals surface area contributed by atoms with Crippen LogP contribution in [0.25, 0.3) is 93.5 Å². The maximum atomic E-state index is 5.33. The summed E-state index contributed by atoms with van der Waals surface area (Å²) in [6, 6.07) is 54.0. The minimum Gasteiger partial charge on any atom is -0.293 e. The maximum absolute atomic E-state index is 5.33. The molecule has 0 saturated heterocycles. The van der Waals surface area contributed by atoms with Gasteiger partial charge in [0.1, 0.15) is 0 Å². The molecule has 3 aromatic heterocycles. The summed E-state index contributed by atoms with van der Waals surface area (Å²) in [7, 11) is 0. The van der Waals surface area contributed by atoms with E-state index in [1.807, 2.05) is 6.07 Å². The average Bonchev–Trinajstić information content (AvgIpc) is 3.45. The van der Waals surface area contributed by atoms with Crippen molar-refractivity contribution in [3.63, 3.8) is 0 Å². The molecule has 0 aliphatic heterocycles. The molecule has 0 aliphatic rings. The highest BCUT2D eigenvalue weighted by Crippen LogP contribution is 2.39. The molecule has 0 saturated carbocycles. The molecule has 4 heteroatoms. The van der Waals surface area contributed by atoms with Gasteiger partial charge in [-0.25, -0.2) is 15.0 Å². The van der Waals surface area contributed by atoms with Gasteiger partial charge in [-0.3, -0.25) is 4.57 Å². The molecule has 0 N–H and O–H groups in total. The Hall–Kier alpha value is -6.39. The molecule has 218 valence electrons. The van der Waals surface area contributed by atoms with Gasteiger partial charge >= 0.3 is 0 Å². The van der Waals surface area contributed by atoms with E-state index in [1.54, 1.807) is 6.20 Å². The average molecular weight is 599 g/mol. The van der Waals surface area contributed by atoms with Gasteiger partial charge in [-0.2, -0.15) is 0 Å². The lowest BCUT2D eigenvalue weighted by Gasteiger charge is -2.13. The number of hydrogen-bond acceptors (Lipinski definition) is 3. The van der Waals surface area contributed by atoms with Crippen LogP contribution in [0.4, 0.5) is 0 Å². The van der Waals surface area contributed by atoms with Gasteiger partial charge in [0.15, 0.2) is 17.3 Å². The zero-order valence-corrected chi connectivity index (χ0v) is 25.3. The molecular formula is C43H26N4. The van der Waals surface area contributed by atoms with Gasteiger partial charge in [-0.05, 0) is 92.0 Å². The van der Waals surface area contributed by atoms with E-state index < -0.39 is 0 Å². The number of hydrogen-bond donors (Lipinski definition) is 0. The molecule has 4 nitrogen and oxygen atoms in total. The van der Waals surface area contributed by atoms with E-state index in [1.165, 1.54) is 48.8 Å². The molecule has 47 heavy (non-hydrogen) atoms. The van der Waals surface area contributed by atoms with E-state index >= 15 is 0 Å². The lowest BCUT2D eigenvalue weighted by molar-refractivity contribution is 1.07. The second-order valence-electron chi connectivity index (χ2n) is 12.2. The van der Waals surface area contributed by atoms with Crippen molar-refractivity contribution in [1.82, 2.24) is 19.5 Å². The van der Waals surface area contributed by atoms with Crippen molar-refractivity contribution in [1.29, 1.82) is 0 Å². The normalized spacial score (nSPS) is 11.8. The molecule has 0 bridgehead atoms. The molecule has 3 heterocycles.